The SMILES string of the molecule is CC[C@H](C)[C@@H](Nc1ccc2c(cc1=O)[C@H](NC(C)=O)CCc1cc(OC)c(OC)c(OC)c1-2)C(=O)N1CCc2c([nH]c3ccccc23)C1. The van der Waals surface area contributed by atoms with Gasteiger partial charge in [0.05, 0.1) is 39.6 Å². The summed E-state index contributed by atoms with van der Waals surface area (Å²) < 4.78 is 17.3. The first-order valence-electron chi connectivity index (χ1n) is 16.6. The summed E-state index contributed by atoms with van der Waals surface area (Å²) in [6.45, 7) is 6.64. The Bertz CT molecular complexity index is 1940. The van der Waals surface area contributed by atoms with Gasteiger partial charge < -0.3 is 34.7 Å². The number of nitrogens with zero attached hydrogens (tertiary/aromatic N) is 1. The van der Waals surface area contributed by atoms with Gasteiger partial charge in [-0.1, -0.05) is 44.5 Å². The molecule has 2 amide bonds. The van der Waals surface area contributed by atoms with Crippen LogP contribution in [0.4, 0.5) is 5.69 Å². The summed E-state index contributed by atoms with van der Waals surface area (Å²) in [5.41, 5.74) is 6.56. The van der Waals surface area contributed by atoms with Crippen molar-refractivity contribution in [1.82, 2.24) is 15.2 Å². The Morgan fingerprint density at radius 1 is 1.02 bits per heavy atom. The summed E-state index contributed by atoms with van der Waals surface area (Å²) in [5.74, 6) is 1.18. The Morgan fingerprint density at radius 2 is 1.79 bits per heavy atom. The van der Waals surface area contributed by atoms with Gasteiger partial charge in [0.25, 0.3) is 0 Å². The van der Waals surface area contributed by atoms with Crippen LogP contribution in [0.2, 0.25) is 0 Å². The zero-order valence-electron chi connectivity index (χ0n) is 28.5. The predicted octanol–water partition coefficient (Wildman–Crippen LogP) is 5.76. The number of methoxy groups -OCH3 is 3. The third kappa shape index (κ3) is 5.95. The van der Waals surface area contributed by atoms with Crippen molar-refractivity contribution in [2.24, 2.45) is 5.92 Å². The molecular weight excluding hydrogens is 608 g/mol. The highest BCUT2D eigenvalue weighted by atomic mass is 16.5. The molecule has 0 saturated carbocycles. The summed E-state index contributed by atoms with van der Waals surface area (Å²) in [6.07, 6.45) is 2.67. The highest BCUT2D eigenvalue weighted by molar-refractivity contribution is 5.88. The highest BCUT2D eigenvalue weighted by Crippen LogP contribution is 2.50. The number of benzene rings is 2. The molecular formula is C38H44N4O6. The number of aromatic nitrogens is 1. The molecule has 1 aliphatic heterocycles. The molecule has 10 heteroatoms. The number of rotatable bonds is 9. The van der Waals surface area contributed by atoms with E-state index < -0.39 is 12.1 Å². The van der Waals surface area contributed by atoms with Crippen molar-refractivity contribution in [2.45, 2.75) is 65.1 Å². The Balaban J connectivity index is 1.41. The van der Waals surface area contributed by atoms with E-state index in [-0.39, 0.29) is 23.2 Å². The van der Waals surface area contributed by atoms with Crippen LogP contribution < -0.4 is 30.3 Å². The minimum atomic E-state index is -0.617. The number of carbonyl (C=O) groups excluding carboxylic acids is 2. The summed E-state index contributed by atoms with van der Waals surface area (Å²) in [7, 11) is 4.71. The van der Waals surface area contributed by atoms with Crippen molar-refractivity contribution in [3.05, 3.63) is 81.1 Å². The molecule has 0 fully saturated rings. The van der Waals surface area contributed by atoms with Crippen molar-refractivity contribution < 1.29 is 23.8 Å². The minimum Gasteiger partial charge on any atom is -0.493 e. The molecule has 3 N–H and O–H groups in total. The number of anilines is 1. The quantitative estimate of drug-likeness (QED) is 0.210. The standard InChI is InChI=1S/C38H44N4O6/c1-7-21(2)35(38(45)42-17-16-25-24-10-8-9-11-28(24)40-31(25)20-42)41-30-15-13-26-27(19-32(30)44)29(39-22(3)43)14-12-23-18-33(46-4)36(47-5)37(48-6)34(23)26/h8-11,13,15,18-19,21,29,35,40H,7,12,14,16-17,20H2,1-6H3,(H,39,43)(H,41,44)/t21-,29+,35+/m0/s1. The number of aromatic amines is 1. The maximum Gasteiger partial charge on any atom is 0.245 e. The van der Waals surface area contributed by atoms with E-state index in [0.717, 1.165) is 40.7 Å². The van der Waals surface area contributed by atoms with Crippen molar-refractivity contribution in [3.63, 3.8) is 0 Å². The van der Waals surface area contributed by atoms with Crippen LogP contribution in [0.5, 0.6) is 17.2 Å². The summed E-state index contributed by atoms with van der Waals surface area (Å²) >= 11 is 0. The first kappa shape index (κ1) is 32.9. The van der Waals surface area contributed by atoms with Crippen LogP contribution in [-0.2, 0) is 29.0 Å². The Hall–Kier alpha value is -4.99. The number of ether oxygens (including phenoxy) is 3. The second kappa shape index (κ2) is 13.6. The molecule has 252 valence electrons. The van der Waals surface area contributed by atoms with Crippen molar-refractivity contribution >= 4 is 28.4 Å². The van der Waals surface area contributed by atoms with Gasteiger partial charge in [-0.2, -0.15) is 0 Å². The lowest BCUT2D eigenvalue weighted by Gasteiger charge is -2.33. The van der Waals surface area contributed by atoms with Gasteiger partial charge in [0.15, 0.2) is 11.5 Å². The predicted molar refractivity (Wildman–Crippen MR) is 187 cm³/mol. The average molecular weight is 653 g/mol. The molecule has 4 aromatic rings. The molecule has 0 bridgehead atoms. The highest BCUT2D eigenvalue weighted by Gasteiger charge is 2.33. The number of H-pyrrole nitrogens is 1. The molecule has 3 aromatic carbocycles. The summed E-state index contributed by atoms with van der Waals surface area (Å²) in [4.78, 5) is 46.0. The van der Waals surface area contributed by atoms with Gasteiger partial charge >= 0.3 is 0 Å². The van der Waals surface area contributed by atoms with E-state index in [1.54, 1.807) is 33.5 Å². The monoisotopic (exact) mass is 652 g/mol. The molecule has 2 aliphatic rings. The number of amides is 2. The molecule has 0 saturated heterocycles. The molecule has 2 heterocycles. The number of aryl methyl sites for hydroxylation is 1. The van der Waals surface area contributed by atoms with Gasteiger partial charge in [-0.25, -0.2) is 0 Å². The zero-order valence-corrected chi connectivity index (χ0v) is 28.5. The van der Waals surface area contributed by atoms with Gasteiger partial charge in [-0.3, -0.25) is 14.4 Å². The number of hydrogen-bond donors (Lipinski definition) is 3. The van der Waals surface area contributed by atoms with Crippen LogP contribution in [-0.4, -0.2) is 55.6 Å². The lowest BCUT2D eigenvalue weighted by Crippen LogP contribution is -2.48. The molecule has 0 radical (unpaired) electrons. The lowest BCUT2D eigenvalue weighted by atomic mass is 9.95. The van der Waals surface area contributed by atoms with E-state index in [0.29, 0.717) is 54.4 Å². The third-order valence-corrected chi connectivity index (χ3v) is 9.90. The Morgan fingerprint density at radius 3 is 2.50 bits per heavy atom. The fourth-order valence-electron chi connectivity index (χ4n) is 7.26. The molecule has 0 unspecified atom stereocenters. The van der Waals surface area contributed by atoms with E-state index in [2.05, 4.69) is 27.8 Å². The van der Waals surface area contributed by atoms with Crippen LogP contribution >= 0.6 is 0 Å². The molecule has 3 atom stereocenters. The van der Waals surface area contributed by atoms with Gasteiger partial charge in [0, 0.05) is 35.6 Å². The number of para-hydroxylation sites is 1. The number of nitrogens with one attached hydrogen (secondary N) is 3. The van der Waals surface area contributed by atoms with Gasteiger partial charge in [-0.05, 0) is 71.7 Å². The second-order valence-electron chi connectivity index (χ2n) is 12.7. The molecule has 0 spiro atoms. The first-order chi connectivity index (χ1) is 23.2. The van der Waals surface area contributed by atoms with E-state index in [1.165, 1.54) is 17.9 Å². The molecule has 10 nitrogen and oxygen atoms in total. The van der Waals surface area contributed by atoms with Crippen molar-refractivity contribution in [3.8, 4) is 28.4 Å². The maximum atomic E-state index is 14.2. The normalized spacial score (nSPS) is 16.5. The smallest absolute Gasteiger partial charge is 0.245 e. The van der Waals surface area contributed by atoms with E-state index in [4.69, 9.17) is 14.2 Å². The van der Waals surface area contributed by atoms with Gasteiger partial charge in [0.1, 0.15) is 6.04 Å². The zero-order chi connectivity index (χ0) is 34.1. The van der Waals surface area contributed by atoms with Crippen molar-refractivity contribution in [2.75, 3.05) is 33.2 Å². The van der Waals surface area contributed by atoms with E-state index >= 15 is 0 Å². The van der Waals surface area contributed by atoms with Crippen LogP contribution in [0.25, 0.3) is 22.0 Å². The molecule has 6 rings (SSSR count). The molecule has 1 aromatic heterocycles. The largest absolute Gasteiger partial charge is 0.493 e. The molecule has 1 aliphatic carbocycles. The van der Waals surface area contributed by atoms with Crippen LogP contribution in [0.15, 0.2) is 53.3 Å². The minimum absolute atomic E-state index is 0.0407. The topological polar surface area (TPSA) is 122 Å². The Kier molecular flexibility index (Phi) is 9.35. The van der Waals surface area contributed by atoms with E-state index in [1.807, 2.05) is 43.0 Å². The van der Waals surface area contributed by atoms with E-state index in [9.17, 15) is 14.4 Å². The lowest BCUT2D eigenvalue weighted by molar-refractivity contribution is -0.134. The number of carbonyl (C=O) groups is 2. The second-order valence-corrected chi connectivity index (χ2v) is 12.7. The molecule has 48 heavy (non-hydrogen) atoms. The third-order valence-electron chi connectivity index (χ3n) is 9.90. The van der Waals surface area contributed by atoms with Crippen LogP contribution in [0, 0.1) is 5.92 Å². The fourth-order valence-corrected chi connectivity index (χ4v) is 7.26. The fraction of sp³-hybridized carbons (Fsp3) is 0.395. The van der Waals surface area contributed by atoms with Gasteiger partial charge in [0.2, 0.25) is 23.0 Å². The van der Waals surface area contributed by atoms with Crippen molar-refractivity contribution in [1.29, 1.82) is 0 Å². The van der Waals surface area contributed by atoms with Crippen LogP contribution in [0.3, 0.4) is 0 Å². The van der Waals surface area contributed by atoms with Crippen LogP contribution in [0.1, 0.15) is 62.0 Å². The average Bonchev–Trinajstić information content (AvgIpc) is 3.31. The van der Waals surface area contributed by atoms with Gasteiger partial charge in [-0.15, -0.1) is 0 Å². The number of hydrogen-bond acceptors (Lipinski definition) is 7. The number of fused-ring (bicyclic) bond motifs is 6. The summed E-state index contributed by atoms with van der Waals surface area (Å²) in [5, 5.41) is 7.63. The first-order valence-corrected chi connectivity index (χ1v) is 16.6. The Labute approximate surface area is 280 Å². The maximum absolute atomic E-state index is 14.2. The summed E-state index contributed by atoms with van der Waals surface area (Å²) in [6, 6.07) is 14.3.